The molecule has 0 saturated heterocycles. The number of hydrogen-bond acceptors (Lipinski definition) is 3. The van der Waals surface area contributed by atoms with Crippen LogP contribution >= 0.6 is 0 Å². The first-order valence-corrected chi connectivity index (χ1v) is 9.39. The lowest BCUT2D eigenvalue weighted by Gasteiger charge is -2.24. The molecule has 4 rings (SSSR count). The maximum Gasteiger partial charge on any atom is 0.260 e. The van der Waals surface area contributed by atoms with Crippen molar-refractivity contribution >= 4 is 17.5 Å². The van der Waals surface area contributed by atoms with Crippen LogP contribution in [0, 0.1) is 12.7 Å². The molecule has 6 heteroatoms. The van der Waals surface area contributed by atoms with Crippen LogP contribution in [-0.4, -0.2) is 16.8 Å². The van der Waals surface area contributed by atoms with Crippen LogP contribution in [0.2, 0.25) is 0 Å². The van der Waals surface area contributed by atoms with Crippen molar-refractivity contribution in [3.63, 3.8) is 0 Å². The molecule has 0 saturated carbocycles. The Balaban J connectivity index is 1.56. The smallest absolute Gasteiger partial charge is 0.260 e. The first-order valence-electron chi connectivity index (χ1n) is 9.39. The van der Waals surface area contributed by atoms with E-state index in [1.807, 2.05) is 31.2 Å². The van der Waals surface area contributed by atoms with E-state index in [0.717, 1.165) is 11.3 Å². The molecule has 1 N–H and O–H groups in total. The lowest BCUT2D eigenvalue weighted by Crippen LogP contribution is -2.33. The molecule has 146 valence electrons. The largest absolute Gasteiger partial charge is 0.352 e. The van der Waals surface area contributed by atoms with Gasteiger partial charge in [0.2, 0.25) is 5.91 Å². The number of pyridine rings is 1. The Hall–Kier alpha value is -3.54. The molecule has 2 aromatic carbocycles. The van der Waals surface area contributed by atoms with Crippen molar-refractivity contribution < 1.29 is 14.0 Å². The van der Waals surface area contributed by atoms with Crippen molar-refractivity contribution in [3.05, 3.63) is 95.1 Å². The summed E-state index contributed by atoms with van der Waals surface area (Å²) in [6.45, 7) is 2.19. The Morgan fingerprint density at radius 3 is 2.69 bits per heavy atom. The van der Waals surface area contributed by atoms with Gasteiger partial charge in [0.25, 0.3) is 5.91 Å². The average molecular weight is 389 g/mol. The fraction of sp³-hybridized carbons (Fsp3) is 0.174. The van der Waals surface area contributed by atoms with Crippen LogP contribution in [0.5, 0.6) is 0 Å². The maximum absolute atomic E-state index is 13.3. The number of fused-ring (bicyclic) bond motifs is 1. The minimum Gasteiger partial charge on any atom is -0.352 e. The number of carbonyl (C=O) groups is 2. The van der Waals surface area contributed by atoms with Gasteiger partial charge in [-0.15, -0.1) is 0 Å². The molecule has 0 fully saturated rings. The highest BCUT2D eigenvalue weighted by Crippen LogP contribution is 2.38. The van der Waals surface area contributed by atoms with Crippen LogP contribution in [0.3, 0.4) is 0 Å². The molecular weight excluding hydrogens is 369 g/mol. The van der Waals surface area contributed by atoms with Crippen molar-refractivity contribution in [3.8, 4) is 0 Å². The molecule has 1 unspecified atom stereocenters. The molecule has 0 radical (unpaired) electrons. The summed E-state index contributed by atoms with van der Waals surface area (Å²) in [7, 11) is 0. The molecule has 1 aliphatic heterocycles. The summed E-state index contributed by atoms with van der Waals surface area (Å²) in [5.41, 5.74) is 3.59. The summed E-state index contributed by atoms with van der Waals surface area (Å²) < 4.78 is 13.3. The van der Waals surface area contributed by atoms with E-state index in [0.29, 0.717) is 16.8 Å². The molecule has 1 aromatic heterocycles. The van der Waals surface area contributed by atoms with Gasteiger partial charge in [-0.3, -0.25) is 19.5 Å². The van der Waals surface area contributed by atoms with Crippen LogP contribution in [0.1, 0.15) is 39.6 Å². The van der Waals surface area contributed by atoms with Gasteiger partial charge < -0.3 is 5.32 Å². The number of aromatic nitrogens is 1. The van der Waals surface area contributed by atoms with E-state index in [-0.39, 0.29) is 30.6 Å². The second-order valence-electron chi connectivity index (χ2n) is 7.07. The van der Waals surface area contributed by atoms with Gasteiger partial charge in [-0.1, -0.05) is 29.8 Å². The van der Waals surface area contributed by atoms with E-state index in [2.05, 4.69) is 10.3 Å². The summed E-state index contributed by atoms with van der Waals surface area (Å²) >= 11 is 0. The number of anilines is 1. The third-order valence-corrected chi connectivity index (χ3v) is 4.98. The third-order valence-electron chi connectivity index (χ3n) is 4.98. The number of benzene rings is 2. The number of hydrogen-bond donors (Lipinski definition) is 1. The fourth-order valence-electron chi connectivity index (χ4n) is 3.54. The van der Waals surface area contributed by atoms with Crippen LogP contribution in [0.25, 0.3) is 0 Å². The monoisotopic (exact) mass is 389 g/mol. The first kappa shape index (κ1) is 18.8. The zero-order chi connectivity index (χ0) is 20.4. The van der Waals surface area contributed by atoms with Crippen molar-refractivity contribution in [2.75, 3.05) is 4.90 Å². The number of amides is 2. The number of halogens is 1. The molecule has 5 nitrogen and oxygen atoms in total. The molecular formula is C23H20FN3O2. The summed E-state index contributed by atoms with van der Waals surface area (Å²) in [5, 5.41) is 2.81. The number of nitrogens with one attached hydrogen (secondary N) is 1. The minimum atomic E-state index is -0.492. The van der Waals surface area contributed by atoms with Gasteiger partial charge in [-0.25, -0.2) is 4.39 Å². The van der Waals surface area contributed by atoms with Gasteiger partial charge in [-0.2, -0.15) is 0 Å². The summed E-state index contributed by atoms with van der Waals surface area (Å²) in [6, 6.07) is 16.7. The number of nitrogens with zero attached hydrogens (tertiary/aromatic N) is 2. The van der Waals surface area contributed by atoms with Crippen LogP contribution in [0.4, 0.5) is 10.1 Å². The first-order chi connectivity index (χ1) is 14.0. The number of rotatable bonds is 5. The zero-order valence-electron chi connectivity index (χ0n) is 15.9. The predicted octanol–water partition coefficient (Wildman–Crippen LogP) is 3.94. The van der Waals surface area contributed by atoms with Crippen molar-refractivity contribution in [2.24, 2.45) is 0 Å². The normalized spacial score (nSPS) is 15.3. The van der Waals surface area contributed by atoms with Gasteiger partial charge >= 0.3 is 0 Å². The highest BCUT2D eigenvalue weighted by atomic mass is 19.1. The Kier molecular flexibility index (Phi) is 5.08. The summed E-state index contributed by atoms with van der Waals surface area (Å²) in [6.07, 6.45) is 1.70. The quantitative estimate of drug-likeness (QED) is 0.719. The second-order valence-corrected chi connectivity index (χ2v) is 7.07. The van der Waals surface area contributed by atoms with E-state index in [1.54, 1.807) is 35.4 Å². The predicted molar refractivity (Wildman–Crippen MR) is 108 cm³/mol. The summed E-state index contributed by atoms with van der Waals surface area (Å²) in [4.78, 5) is 31.6. The third kappa shape index (κ3) is 3.87. The van der Waals surface area contributed by atoms with Crippen LogP contribution < -0.4 is 10.2 Å². The molecule has 1 atom stereocenters. The van der Waals surface area contributed by atoms with Gasteiger partial charge in [0.05, 0.1) is 23.7 Å². The van der Waals surface area contributed by atoms with Gasteiger partial charge in [0, 0.05) is 18.4 Å². The highest BCUT2D eigenvalue weighted by Gasteiger charge is 2.39. The fourth-order valence-corrected chi connectivity index (χ4v) is 3.54. The van der Waals surface area contributed by atoms with E-state index >= 15 is 0 Å². The molecule has 0 aliphatic carbocycles. The molecule has 0 spiro atoms. The van der Waals surface area contributed by atoms with E-state index < -0.39 is 6.04 Å². The van der Waals surface area contributed by atoms with Crippen LogP contribution in [-0.2, 0) is 11.3 Å². The lowest BCUT2D eigenvalue weighted by atomic mass is 10.1. The second kappa shape index (κ2) is 7.83. The number of carbonyl (C=O) groups excluding carboxylic acids is 2. The number of aryl methyl sites for hydroxylation is 1. The lowest BCUT2D eigenvalue weighted by molar-refractivity contribution is -0.121. The average Bonchev–Trinajstić information content (AvgIpc) is 2.99. The van der Waals surface area contributed by atoms with E-state index in [9.17, 15) is 14.0 Å². The molecule has 29 heavy (non-hydrogen) atoms. The molecule has 1 aliphatic rings. The molecule has 2 amide bonds. The van der Waals surface area contributed by atoms with Crippen molar-refractivity contribution in [1.29, 1.82) is 0 Å². The van der Waals surface area contributed by atoms with Gasteiger partial charge in [-0.05, 0) is 48.9 Å². The molecule has 3 aromatic rings. The Bertz CT molecular complexity index is 1070. The Morgan fingerprint density at radius 2 is 1.93 bits per heavy atom. The zero-order valence-corrected chi connectivity index (χ0v) is 15.9. The minimum absolute atomic E-state index is 0.0684. The SMILES string of the molecule is Cc1ccc(N2C(=O)c3cccnc3C2CC(=O)NCc2cccc(F)c2)cc1. The van der Waals surface area contributed by atoms with Gasteiger partial charge in [0.15, 0.2) is 0 Å². The van der Waals surface area contributed by atoms with Crippen molar-refractivity contribution in [1.82, 2.24) is 10.3 Å². The van der Waals surface area contributed by atoms with E-state index in [4.69, 9.17) is 0 Å². The molecule has 0 bridgehead atoms. The topological polar surface area (TPSA) is 62.3 Å². The van der Waals surface area contributed by atoms with E-state index in [1.165, 1.54) is 12.1 Å². The molecule has 2 heterocycles. The van der Waals surface area contributed by atoms with Gasteiger partial charge in [0.1, 0.15) is 5.82 Å². The van der Waals surface area contributed by atoms with Crippen LogP contribution in [0.15, 0.2) is 66.9 Å². The standard InChI is InChI=1S/C23H20FN3O2/c1-15-7-9-18(10-8-15)27-20(22-19(23(27)29)6-3-11-25-22)13-21(28)26-14-16-4-2-5-17(24)12-16/h2-12,20H,13-14H2,1H3,(H,26,28). The summed E-state index contributed by atoms with van der Waals surface area (Å²) in [5.74, 6) is -0.746. The van der Waals surface area contributed by atoms with Crippen molar-refractivity contribution in [2.45, 2.75) is 25.9 Å². The Labute approximate surface area is 168 Å². The maximum atomic E-state index is 13.3. The Morgan fingerprint density at radius 1 is 1.14 bits per heavy atom. The highest BCUT2D eigenvalue weighted by molar-refractivity contribution is 6.11.